The first-order chi connectivity index (χ1) is 6.66. The summed E-state index contributed by atoms with van der Waals surface area (Å²) in [5, 5.41) is 4.16. The van der Waals surface area contributed by atoms with Crippen LogP contribution in [0.15, 0.2) is 24.3 Å². The maximum atomic E-state index is 12.9. The molecule has 0 unspecified atom stereocenters. The number of aryl methyl sites for hydroxylation is 2. The molecule has 0 aliphatic carbocycles. The summed E-state index contributed by atoms with van der Waals surface area (Å²) in [4.78, 5) is 4.21. The molecule has 1 aromatic carbocycles. The van der Waals surface area contributed by atoms with Crippen molar-refractivity contribution in [3.63, 3.8) is 0 Å². The monoisotopic (exact) mass is 191 g/mol. The van der Waals surface area contributed by atoms with Gasteiger partial charge in [-0.1, -0.05) is 12.1 Å². The van der Waals surface area contributed by atoms with Gasteiger partial charge in [-0.25, -0.2) is 9.37 Å². The Bertz CT molecular complexity index is 443. The van der Waals surface area contributed by atoms with E-state index in [1.807, 2.05) is 14.0 Å². The molecule has 0 aliphatic heterocycles. The van der Waals surface area contributed by atoms with Gasteiger partial charge >= 0.3 is 0 Å². The highest BCUT2D eigenvalue weighted by Gasteiger charge is 2.05. The van der Waals surface area contributed by atoms with Crippen LogP contribution in [0.4, 0.5) is 4.39 Å². The van der Waals surface area contributed by atoms with Crippen LogP contribution in [-0.4, -0.2) is 14.8 Å². The standard InChI is InChI=1S/C10H10FN3/c1-7-12-10(13-14(7)2)8-4-3-5-9(11)6-8/h3-6H,1-2H3. The number of halogens is 1. The Morgan fingerprint density at radius 1 is 1.36 bits per heavy atom. The zero-order valence-corrected chi connectivity index (χ0v) is 8.03. The van der Waals surface area contributed by atoms with Crippen molar-refractivity contribution in [2.24, 2.45) is 7.05 Å². The van der Waals surface area contributed by atoms with Gasteiger partial charge in [0.15, 0.2) is 5.82 Å². The molecule has 0 N–H and O–H groups in total. The number of aromatic nitrogens is 3. The first-order valence-electron chi connectivity index (χ1n) is 4.30. The molecule has 0 amide bonds. The van der Waals surface area contributed by atoms with Crippen molar-refractivity contribution in [1.82, 2.24) is 14.8 Å². The van der Waals surface area contributed by atoms with Crippen molar-refractivity contribution < 1.29 is 4.39 Å². The van der Waals surface area contributed by atoms with Crippen LogP contribution in [-0.2, 0) is 7.05 Å². The summed E-state index contributed by atoms with van der Waals surface area (Å²) in [5.74, 6) is 1.10. The van der Waals surface area contributed by atoms with E-state index in [-0.39, 0.29) is 5.82 Å². The van der Waals surface area contributed by atoms with Gasteiger partial charge in [0.25, 0.3) is 0 Å². The van der Waals surface area contributed by atoms with E-state index in [0.29, 0.717) is 11.4 Å². The Labute approximate surface area is 81.2 Å². The molecule has 3 nitrogen and oxygen atoms in total. The smallest absolute Gasteiger partial charge is 0.181 e. The topological polar surface area (TPSA) is 30.7 Å². The molecule has 0 radical (unpaired) electrons. The molecule has 0 spiro atoms. The van der Waals surface area contributed by atoms with Crippen LogP contribution >= 0.6 is 0 Å². The molecule has 0 fully saturated rings. The van der Waals surface area contributed by atoms with Crippen molar-refractivity contribution in [3.8, 4) is 11.4 Å². The van der Waals surface area contributed by atoms with E-state index in [0.717, 1.165) is 5.82 Å². The number of benzene rings is 1. The van der Waals surface area contributed by atoms with Crippen molar-refractivity contribution in [1.29, 1.82) is 0 Å². The minimum Gasteiger partial charge on any atom is -0.253 e. The minimum atomic E-state index is -0.271. The quantitative estimate of drug-likeness (QED) is 0.689. The normalized spacial score (nSPS) is 10.5. The van der Waals surface area contributed by atoms with Gasteiger partial charge < -0.3 is 0 Å². The first-order valence-corrected chi connectivity index (χ1v) is 4.30. The predicted octanol–water partition coefficient (Wildman–Crippen LogP) is 1.93. The molecule has 0 atom stereocenters. The third kappa shape index (κ3) is 1.51. The molecular formula is C10H10FN3. The second-order valence-electron chi connectivity index (χ2n) is 3.12. The molecule has 1 heterocycles. The maximum Gasteiger partial charge on any atom is 0.181 e. The summed E-state index contributed by atoms with van der Waals surface area (Å²) >= 11 is 0. The largest absolute Gasteiger partial charge is 0.253 e. The van der Waals surface area contributed by atoms with Crippen LogP contribution in [0, 0.1) is 12.7 Å². The summed E-state index contributed by atoms with van der Waals surface area (Å²) in [5.41, 5.74) is 0.703. The Balaban J connectivity index is 2.49. The first kappa shape index (κ1) is 8.87. The van der Waals surface area contributed by atoms with Crippen LogP contribution in [0.1, 0.15) is 5.82 Å². The van der Waals surface area contributed by atoms with Gasteiger partial charge in [0.05, 0.1) is 0 Å². The average molecular weight is 191 g/mol. The van der Waals surface area contributed by atoms with E-state index in [4.69, 9.17) is 0 Å². The fourth-order valence-electron chi connectivity index (χ4n) is 1.21. The summed E-state index contributed by atoms with van der Waals surface area (Å²) in [7, 11) is 1.81. The van der Waals surface area contributed by atoms with E-state index in [2.05, 4.69) is 10.1 Å². The molecule has 1 aromatic heterocycles. The SMILES string of the molecule is Cc1nc(-c2cccc(F)c2)nn1C. The highest BCUT2D eigenvalue weighted by molar-refractivity contribution is 5.54. The molecular weight excluding hydrogens is 181 g/mol. The summed E-state index contributed by atoms with van der Waals surface area (Å²) in [6, 6.07) is 6.27. The molecule has 14 heavy (non-hydrogen) atoms. The Kier molecular flexibility index (Phi) is 2.04. The van der Waals surface area contributed by atoms with Gasteiger partial charge in [0, 0.05) is 12.6 Å². The van der Waals surface area contributed by atoms with E-state index in [9.17, 15) is 4.39 Å². The van der Waals surface area contributed by atoms with E-state index < -0.39 is 0 Å². The van der Waals surface area contributed by atoms with Crippen molar-refractivity contribution in [2.45, 2.75) is 6.92 Å². The molecule has 0 saturated heterocycles. The highest BCUT2D eigenvalue weighted by atomic mass is 19.1. The molecule has 0 aliphatic rings. The lowest BCUT2D eigenvalue weighted by Gasteiger charge is -1.93. The summed E-state index contributed by atoms with van der Waals surface area (Å²) in [6.45, 7) is 1.86. The van der Waals surface area contributed by atoms with Gasteiger partial charge in [0.2, 0.25) is 0 Å². The third-order valence-corrected chi connectivity index (χ3v) is 2.06. The molecule has 2 aromatic rings. The Morgan fingerprint density at radius 3 is 2.71 bits per heavy atom. The number of nitrogens with zero attached hydrogens (tertiary/aromatic N) is 3. The van der Waals surface area contributed by atoms with Crippen molar-refractivity contribution in [2.75, 3.05) is 0 Å². The molecule has 0 saturated carbocycles. The lowest BCUT2D eigenvalue weighted by atomic mass is 10.2. The van der Waals surface area contributed by atoms with E-state index in [1.54, 1.807) is 16.8 Å². The predicted molar refractivity (Wildman–Crippen MR) is 51.1 cm³/mol. The van der Waals surface area contributed by atoms with Gasteiger partial charge in [-0.3, -0.25) is 4.68 Å². The lowest BCUT2D eigenvalue weighted by molar-refractivity contribution is 0.628. The summed E-state index contributed by atoms with van der Waals surface area (Å²) in [6.07, 6.45) is 0. The average Bonchev–Trinajstić information content (AvgIpc) is 2.47. The second kappa shape index (κ2) is 3.21. The Hall–Kier alpha value is -1.71. The van der Waals surface area contributed by atoms with Crippen molar-refractivity contribution in [3.05, 3.63) is 35.9 Å². The number of hydrogen-bond donors (Lipinski definition) is 0. The number of hydrogen-bond acceptors (Lipinski definition) is 2. The van der Waals surface area contributed by atoms with Gasteiger partial charge in [0.1, 0.15) is 11.6 Å². The fourth-order valence-corrected chi connectivity index (χ4v) is 1.21. The molecule has 0 bridgehead atoms. The van der Waals surface area contributed by atoms with Gasteiger partial charge in [-0.15, -0.1) is 0 Å². The molecule has 4 heteroatoms. The lowest BCUT2D eigenvalue weighted by Crippen LogP contribution is -1.92. The van der Waals surface area contributed by atoms with Crippen molar-refractivity contribution >= 4 is 0 Å². The van der Waals surface area contributed by atoms with Gasteiger partial charge in [-0.05, 0) is 19.1 Å². The zero-order valence-electron chi connectivity index (χ0n) is 8.03. The summed E-state index contributed by atoms with van der Waals surface area (Å²) < 4.78 is 14.6. The van der Waals surface area contributed by atoms with E-state index >= 15 is 0 Å². The maximum absolute atomic E-state index is 12.9. The van der Waals surface area contributed by atoms with Crippen LogP contribution in [0.3, 0.4) is 0 Å². The highest BCUT2D eigenvalue weighted by Crippen LogP contribution is 2.15. The van der Waals surface area contributed by atoms with E-state index in [1.165, 1.54) is 12.1 Å². The minimum absolute atomic E-state index is 0.271. The van der Waals surface area contributed by atoms with Crippen LogP contribution in [0.5, 0.6) is 0 Å². The molecule has 72 valence electrons. The van der Waals surface area contributed by atoms with Crippen LogP contribution < -0.4 is 0 Å². The third-order valence-electron chi connectivity index (χ3n) is 2.06. The molecule has 2 rings (SSSR count). The Morgan fingerprint density at radius 2 is 2.14 bits per heavy atom. The second-order valence-corrected chi connectivity index (χ2v) is 3.12. The zero-order chi connectivity index (χ0) is 10.1. The van der Waals surface area contributed by atoms with Crippen LogP contribution in [0.25, 0.3) is 11.4 Å². The van der Waals surface area contributed by atoms with Crippen LogP contribution in [0.2, 0.25) is 0 Å². The van der Waals surface area contributed by atoms with Gasteiger partial charge in [-0.2, -0.15) is 5.10 Å². The fraction of sp³-hybridized carbons (Fsp3) is 0.200. The number of rotatable bonds is 1.